The number of amides is 4. The highest BCUT2D eigenvalue weighted by Gasteiger charge is 2.39. The van der Waals surface area contributed by atoms with E-state index < -0.39 is 47.0 Å². The molecule has 0 spiro atoms. The van der Waals surface area contributed by atoms with Crippen molar-refractivity contribution in [3.05, 3.63) is 83.4 Å². The molecule has 0 bridgehead atoms. The van der Waals surface area contributed by atoms with Crippen LogP contribution in [0.15, 0.2) is 72.3 Å². The van der Waals surface area contributed by atoms with Gasteiger partial charge in [-0.15, -0.1) is 0 Å². The highest BCUT2D eigenvalue weighted by Crippen LogP contribution is 2.21. The lowest BCUT2D eigenvalue weighted by Crippen LogP contribution is -2.41. The van der Waals surface area contributed by atoms with E-state index in [4.69, 9.17) is 35.2 Å². The van der Waals surface area contributed by atoms with Crippen LogP contribution in [0.3, 0.4) is 0 Å². The van der Waals surface area contributed by atoms with Gasteiger partial charge in [0.15, 0.2) is 5.78 Å². The molecule has 3 heterocycles. The van der Waals surface area contributed by atoms with Gasteiger partial charge in [-0.1, -0.05) is 67.6 Å². The molecule has 4 unspecified atom stereocenters. The van der Waals surface area contributed by atoms with E-state index in [2.05, 4.69) is 17.5 Å². The number of ketones is 1. The van der Waals surface area contributed by atoms with E-state index in [-0.39, 0.29) is 49.7 Å². The number of nitrogens with zero attached hydrogens (tertiary/aromatic N) is 6. The van der Waals surface area contributed by atoms with Gasteiger partial charge in [-0.25, -0.2) is 19.2 Å². The fourth-order valence-electron chi connectivity index (χ4n) is 5.84. The Morgan fingerprint density at radius 2 is 1.15 bits per heavy atom. The molecule has 2 aromatic carbocycles. The molecule has 3 aliphatic heterocycles. The fourth-order valence-corrected chi connectivity index (χ4v) is 5.84. The minimum atomic E-state index is -0.612. The third kappa shape index (κ3) is 21.5. The minimum absolute atomic E-state index is 0. The highest BCUT2D eigenvalue weighted by atomic mass is 16.6. The number of nitrogens with one attached hydrogen (secondary N) is 1. The number of nitriles is 3. The van der Waals surface area contributed by atoms with Gasteiger partial charge in [-0.3, -0.25) is 9.69 Å². The molecule has 0 aliphatic carbocycles. The first-order valence-electron chi connectivity index (χ1n) is 21.0. The van der Waals surface area contributed by atoms with Crippen molar-refractivity contribution in [3.8, 4) is 18.2 Å². The monoisotopic (exact) mass is 902 g/mol. The summed E-state index contributed by atoms with van der Waals surface area (Å²) in [7, 11) is 0. The van der Waals surface area contributed by atoms with Crippen LogP contribution in [0.5, 0.6) is 0 Å². The molecule has 2 fully saturated rings. The Kier molecular flexibility index (Phi) is 22.7. The maximum Gasteiger partial charge on any atom is 0.410 e. The number of hydrogen-bond acceptors (Lipinski definition) is 14. The van der Waals surface area contributed by atoms with Crippen LogP contribution in [0.4, 0.5) is 19.2 Å². The number of benzene rings is 2. The second kappa shape index (κ2) is 26.2. The summed E-state index contributed by atoms with van der Waals surface area (Å²) in [5, 5.41) is 29.3. The summed E-state index contributed by atoms with van der Waals surface area (Å²) < 4.78 is 20.8. The number of ether oxygens (including phenoxy) is 4. The lowest BCUT2D eigenvalue weighted by Gasteiger charge is -2.24. The zero-order valence-corrected chi connectivity index (χ0v) is 39.5. The van der Waals surface area contributed by atoms with Gasteiger partial charge in [0, 0.05) is 56.3 Å². The van der Waals surface area contributed by atoms with Crippen molar-refractivity contribution >= 4 is 30.2 Å². The average Bonchev–Trinajstić information content (AvgIpc) is 3.98. The second-order valence-electron chi connectivity index (χ2n) is 18.1. The van der Waals surface area contributed by atoms with Crippen LogP contribution < -0.4 is 17.2 Å². The van der Waals surface area contributed by atoms with Gasteiger partial charge < -0.3 is 45.9 Å². The predicted molar refractivity (Wildman–Crippen MR) is 243 cm³/mol. The molecular weight excluding hydrogens is 835 g/mol. The van der Waals surface area contributed by atoms with Gasteiger partial charge in [0.05, 0.1) is 42.6 Å². The number of nitrogens with two attached hydrogens (primary N) is 1. The fraction of sp³-hybridized carbons (Fsp3) is 0.532. The molecule has 6 N–H and O–H groups in total. The van der Waals surface area contributed by atoms with Crippen molar-refractivity contribution < 1.29 is 42.9 Å². The Morgan fingerprint density at radius 1 is 0.692 bits per heavy atom. The standard InChI is InChI=1S/C18H23N3O4.C10H17N3O2.C10H14N2O2.C9H10O.H3N/c1-18(2,3)25-17(23)21-10-14(9-19)15(11-21)20-16(22)24-12-13-7-5-4-6-8-13;1-10(2,3)15-9(14)13-5-7(4-11)8(12)6-13;1-10(2,3)14-9(13)12-5-4-8(6-11)7-12;1-2-9(10)8-6-4-3-5-7-8;/h4-8,14-15H,10-12H2,1-3H3,(H,20,22);7-8H,5-6,12H2,1-3H3;4H,5,7H2,1-3H3;3-7H,2H2,1H3;1H3. The SMILES string of the molecule is CC(C)(C)OC(=O)N1CC(C#N)C(NC(=O)OCc2ccccc2)C1.CC(C)(C)OC(=O)N1CC(N)C(C#N)C1.CC(C)(C)OC(=O)N1CC=C(C#N)C1.CCC(=O)c1ccccc1.N. The summed E-state index contributed by atoms with van der Waals surface area (Å²) in [6.07, 6.45) is 0.470. The van der Waals surface area contributed by atoms with Crippen LogP contribution in [0.2, 0.25) is 0 Å². The minimum Gasteiger partial charge on any atom is -0.445 e. The quantitative estimate of drug-likeness (QED) is 0.194. The van der Waals surface area contributed by atoms with Gasteiger partial charge in [-0.05, 0) is 74.0 Å². The molecule has 2 aromatic rings. The van der Waals surface area contributed by atoms with Crippen molar-refractivity contribution in [2.75, 3.05) is 39.3 Å². The lowest BCUT2D eigenvalue weighted by molar-refractivity contribution is 0.0278. The molecule has 18 nitrogen and oxygen atoms in total. The van der Waals surface area contributed by atoms with Crippen LogP contribution in [-0.2, 0) is 25.6 Å². The van der Waals surface area contributed by atoms with Crippen molar-refractivity contribution in [2.24, 2.45) is 17.6 Å². The predicted octanol–water partition coefficient (Wildman–Crippen LogP) is 7.50. The Bertz CT molecular complexity index is 2020. The van der Waals surface area contributed by atoms with E-state index in [1.807, 2.05) is 115 Å². The van der Waals surface area contributed by atoms with Gasteiger partial charge in [-0.2, -0.15) is 15.8 Å². The van der Waals surface area contributed by atoms with Crippen LogP contribution in [-0.4, -0.2) is 113 Å². The topological polar surface area (TPSA) is 276 Å². The van der Waals surface area contributed by atoms with Crippen LogP contribution in [0, 0.1) is 45.8 Å². The number of Topliss-reactive ketones (excluding diaryl/α,β-unsaturated/α-hetero) is 1. The molecule has 0 saturated carbocycles. The summed E-state index contributed by atoms with van der Waals surface area (Å²) in [5.74, 6) is -0.574. The van der Waals surface area contributed by atoms with E-state index >= 15 is 0 Å². The van der Waals surface area contributed by atoms with Gasteiger partial charge in [0.25, 0.3) is 0 Å². The number of alkyl carbamates (subject to hydrolysis) is 1. The summed E-state index contributed by atoms with van der Waals surface area (Å²) in [5.41, 5.74) is 6.41. The molecule has 5 rings (SSSR count). The Morgan fingerprint density at radius 3 is 1.58 bits per heavy atom. The number of likely N-dealkylation sites (tertiary alicyclic amines) is 2. The van der Waals surface area contributed by atoms with Gasteiger partial charge in [0.1, 0.15) is 23.4 Å². The van der Waals surface area contributed by atoms with Crippen molar-refractivity contribution in [1.82, 2.24) is 26.2 Å². The largest absolute Gasteiger partial charge is 0.445 e. The van der Waals surface area contributed by atoms with E-state index in [1.165, 1.54) is 14.7 Å². The average molecular weight is 902 g/mol. The van der Waals surface area contributed by atoms with E-state index in [9.17, 15) is 29.2 Å². The Hall–Kier alpha value is -6.68. The van der Waals surface area contributed by atoms with Crippen LogP contribution >= 0.6 is 0 Å². The normalized spacial score (nSPS) is 18.6. The first-order chi connectivity index (χ1) is 29.9. The molecule has 65 heavy (non-hydrogen) atoms. The Labute approximate surface area is 383 Å². The van der Waals surface area contributed by atoms with Crippen LogP contribution in [0.25, 0.3) is 0 Å². The van der Waals surface area contributed by atoms with Crippen molar-refractivity contribution in [3.63, 3.8) is 0 Å². The first-order valence-corrected chi connectivity index (χ1v) is 21.0. The number of hydrogen-bond donors (Lipinski definition) is 3. The zero-order chi connectivity index (χ0) is 48.3. The molecule has 4 amide bonds. The maximum absolute atomic E-state index is 12.1. The molecule has 354 valence electrons. The maximum atomic E-state index is 12.1. The van der Waals surface area contributed by atoms with Gasteiger partial charge >= 0.3 is 24.4 Å². The smallest absolute Gasteiger partial charge is 0.410 e. The molecule has 0 radical (unpaired) electrons. The van der Waals surface area contributed by atoms with Crippen LogP contribution in [0.1, 0.15) is 91.6 Å². The zero-order valence-electron chi connectivity index (χ0n) is 39.5. The van der Waals surface area contributed by atoms with E-state index in [0.717, 1.165) is 11.1 Å². The number of carbonyl (C=O) groups excluding carboxylic acids is 5. The van der Waals surface area contributed by atoms with Crippen molar-refractivity contribution in [1.29, 1.82) is 15.8 Å². The molecular formula is C47H67N9O9. The van der Waals surface area contributed by atoms with Gasteiger partial charge in [0.2, 0.25) is 0 Å². The Balaban J connectivity index is 0.000000457. The van der Waals surface area contributed by atoms with E-state index in [1.54, 1.807) is 26.8 Å². The summed E-state index contributed by atoms with van der Waals surface area (Å²) in [6.45, 7) is 20.3. The first kappa shape index (κ1) is 56.3. The summed E-state index contributed by atoms with van der Waals surface area (Å²) in [6, 6.07) is 24.1. The number of rotatable bonds is 5. The molecule has 4 atom stereocenters. The summed E-state index contributed by atoms with van der Waals surface area (Å²) >= 11 is 0. The third-order valence-electron chi connectivity index (χ3n) is 8.97. The number of carbonyl (C=O) groups is 5. The highest BCUT2D eigenvalue weighted by molar-refractivity contribution is 5.95. The molecule has 2 saturated heterocycles. The molecule has 0 aromatic heterocycles. The van der Waals surface area contributed by atoms with Crippen molar-refractivity contribution in [2.45, 2.75) is 111 Å². The molecule has 18 heteroatoms. The third-order valence-corrected chi connectivity index (χ3v) is 8.97. The molecule has 3 aliphatic rings. The lowest BCUT2D eigenvalue weighted by atomic mass is 10.1. The summed E-state index contributed by atoms with van der Waals surface area (Å²) in [4.78, 5) is 62.6. The second-order valence-corrected chi connectivity index (χ2v) is 18.1. The van der Waals surface area contributed by atoms with E-state index in [0.29, 0.717) is 38.2 Å².